The molecule has 0 spiro atoms. The summed E-state index contributed by atoms with van der Waals surface area (Å²) in [5, 5.41) is 0. The number of rotatable bonds is 11. The summed E-state index contributed by atoms with van der Waals surface area (Å²) >= 11 is 0. The summed E-state index contributed by atoms with van der Waals surface area (Å²) in [5.41, 5.74) is 4.34. The van der Waals surface area contributed by atoms with Gasteiger partial charge in [0.2, 0.25) is 0 Å². The number of aromatic nitrogens is 2. The van der Waals surface area contributed by atoms with Gasteiger partial charge < -0.3 is 18.8 Å². The predicted octanol–water partition coefficient (Wildman–Crippen LogP) is 6.82. The number of imidazole rings is 1. The second-order valence-electron chi connectivity index (χ2n) is 8.19. The molecule has 0 amide bonds. The largest absolute Gasteiger partial charge is 0.493 e. The molecule has 0 aliphatic rings. The molecule has 0 saturated heterocycles. The van der Waals surface area contributed by atoms with Crippen LogP contribution in [0.5, 0.6) is 17.2 Å². The summed E-state index contributed by atoms with van der Waals surface area (Å²) in [6, 6.07) is 22.3. The number of hydrogen-bond donors (Lipinski definition) is 0. The second kappa shape index (κ2) is 11.4. The molecule has 0 bridgehead atoms. The molecule has 0 unspecified atom stereocenters. The van der Waals surface area contributed by atoms with E-state index in [0.717, 1.165) is 53.1 Å². The van der Waals surface area contributed by atoms with Gasteiger partial charge in [0, 0.05) is 6.54 Å². The zero-order chi connectivity index (χ0) is 23.8. The molecule has 1 aromatic heterocycles. The van der Waals surface area contributed by atoms with E-state index in [0.29, 0.717) is 24.7 Å². The first kappa shape index (κ1) is 23.4. The maximum atomic E-state index is 6.16. The van der Waals surface area contributed by atoms with Crippen molar-refractivity contribution in [2.45, 2.75) is 39.8 Å². The zero-order valence-corrected chi connectivity index (χ0v) is 20.2. The molecule has 0 aliphatic carbocycles. The number of methoxy groups -OCH3 is 1. The molecule has 5 heteroatoms. The van der Waals surface area contributed by atoms with Gasteiger partial charge in [0.1, 0.15) is 18.2 Å². The van der Waals surface area contributed by atoms with E-state index in [2.05, 4.69) is 29.7 Å². The van der Waals surface area contributed by atoms with Gasteiger partial charge >= 0.3 is 0 Å². The second-order valence-corrected chi connectivity index (χ2v) is 8.19. The van der Waals surface area contributed by atoms with Crippen LogP contribution in [0.1, 0.15) is 36.7 Å². The molecule has 4 aromatic rings. The Morgan fingerprint density at radius 1 is 0.882 bits per heavy atom. The Morgan fingerprint density at radius 3 is 2.53 bits per heavy atom. The highest BCUT2D eigenvalue weighted by Crippen LogP contribution is 2.30. The number of unbranched alkanes of at least 4 members (excludes halogenated alkanes) is 1. The first-order valence-corrected chi connectivity index (χ1v) is 11.8. The number of allylic oxidation sites excluding steroid dienone is 1. The van der Waals surface area contributed by atoms with Crippen LogP contribution < -0.4 is 14.2 Å². The lowest BCUT2D eigenvalue weighted by atomic mass is 10.2. The van der Waals surface area contributed by atoms with Gasteiger partial charge in [0.25, 0.3) is 0 Å². The molecule has 0 aliphatic heterocycles. The van der Waals surface area contributed by atoms with Crippen LogP contribution in [0.15, 0.2) is 72.8 Å². The van der Waals surface area contributed by atoms with Crippen molar-refractivity contribution in [1.82, 2.24) is 9.55 Å². The molecular weight excluding hydrogens is 424 g/mol. The highest BCUT2D eigenvalue weighted by Gasteiger charge is 2.13. The third-order valence-electron chi connectivity index (χ3n) is 5.76. The minimum absolute atomic E-state index is 0.369. The summed E-state index contributed by atoms with van der Waals surface area (Å²) in [6.45, 7) is 5.99. The summed E-state index contributed by atoms with van der Waals surface area (Å²) in [7, 11) is 1.66. The molecular formula is C29H32N2O3. The highest BCUT2D eigenvalue weighted by molar-refractivity contribution is 5.75. The van der Waals surface area contributed by atoms with E-state index >= 15 is 0 Å². The molecule has 4 rings (SSSR count). The van der Waals surface area contributed by atoms with Crippen molar-refractivity contribution in [3.8, 4) is 17.2 Å². The third kappa shape index (κ3) is 5.60. The topological polar surface area (TPSA) is 45.5 Å². The van der Waals surface area contributed by atoms with Crippen LogP contribution in [0, 0.1) is 6.92 Å². The number of aryl methyl sites for hydroxylation is 2. The Morgan fingerprint density at radius 2 is 1.71 bits per heavy atom. The molecule has 3 aromatic carbocycles. The summed E-state index contributed by atoms with van der Waals surface area (Å²) < 4.78 is 19.9. The van der Waals surface area contributed by atoms with Gasteiger partial charge in [-0.15, -0.1) is 0 Å². The van der Waals surface area contributed by atoms with Crippen molar-refractivity contribution in [3.63, 3.8) is 0 Å². The van der Waals surface area contributed by atoms with Crippen molar-refractivity contribution in [2.24, 2.45) is 0 Å². The first-order valence-electron chi connectivity index (χ1n) is 11.8. The molecule has 0 fully saturated rings. The molecule has 0 saturated carbocycles. The number of benzene rings is 3. The molecule has 5 nitrogen and oxygen atoms in total. The van der Waals surface area contributed by atoms with E-state index in [1.165, 1.54) is 0 Å². The summed E-state index contributed by atoms with van der Waals surface area (Å²) in [4.78, 5) is 4.84. The van der Waals surface area contributed by atoms with Gasteiger partial charge in [0.05, 0.1) is 24.8 Å². The molecule has 0 N–H and O–H groups in total. The van der Waals surface area contributed by atoms with Crippen LogP contribution >= 0.6 is 0 Å². The average Bonchev–Trinajstić information content (AvgIpc) is 3.21. The van der Waals surface area contributed by atoms with Gasteiger partial charge in [-0.05, 0) is 68.1 Å². The normalized spacial score (nSPS) is 11.3. The van der Waals surface area contributed by atoms with E-state index in [9.17, 15) is 0 Å². The van der Waals surface area contributed by atoms with Crippen molar-refractivity contribution < 1.29 is 14.2 Å². The van der Waals surface area contributed by atoms with E-state index in [-0.39, 0.29) is 0 Å². The number of hydrogen-bond acceptors (Lipinski definition) is 4. The average molecular weight is 457 g/mol. The van der Waals surface area contributed by atoms with Gasteiger partial charge in [-0.1, -0.05) is 48.6 Å². The maximum Gasteiger partial charge on any atom is 0.161 e. The van der Waals surface area contributed by atoms with Crippen LogP contribution in [0.4, 0.5) is 0 Å². The van der Waals surface area contributed by atoms with E-state index in [1.54, 1.807) is 7.11 Å². The summed E-state index contributed by atoms with van der Waals surface area (Å²) in [5.74, 6) is 3.28. The SMILES string of the molecule is C/C=C\c1ccc(OCc2nc3ccccc3n2CCCCOc2ccccc2C)c(OC)c1. The van der Waals surface area contributed by atoms with Gasteiger partial charge in [-0.2, -0.15) is 0 Å². The lowest BCUT2D eigenvalue weighted by molar-refractivity contribution is 0.269. The molecule has 1 heterocycles. The smallest absolute Gasteiger partial charge is 0.161 e. The number of nitrogens with zero attached hydrogens (tertiary/aromatic N) is 2. The third-order valence-corrected chi connectivity index (χ3v) is 5.76. The van der Waals surface area contributed by atoms with Crippen molar-refractivity contribution in [3.05, 3.63) is 89.8 Å². The maximum absolute atomic E-state index is 6.16. The van der Waals surface area contributed by atoms with E-state index in [4.69, 9.17) is 19.2 Å². The minimum Gasteiger partial charge on any atom is -0.493 e. The van der Waals surface area contributed by atoms with Crippen LogP contribution in [-0.4, -0.2) is 23.3 Å². The molecule has 0 atom stereocenters. The number of para-hydroxylation sites is 3. The van der Waals surface area contributed by atoms with Crippen LogP contribution in [0.3, 0.4) is 0 Å². The zero-order valence-electron chi connectivity index (χ0n) is 20.2. The van der Waals surface area contributed by atoms with E-state index < -0.39 is 0 Å². The Kier molecular flexibility index (Phi) is 7.87. The lowest BCUT2D eigenvalue weighted by Gasteiger charge is -2.13. The number of fused-ring (bicyclic) bond motifs is 1. The van der Waals surface area contributed by atoms with Crippen molar-refractivity contribution in [1.29, 1.82) is 0 Å². The van der Waals surface area contributed by atoms with Crippen molar-refractivity contribution in [2.75, 3.05) is 13.7 Å². The Balaban J connectivity index is 1.42. The van der Waals surface area contributed by atoms with E-state index in [1.807, 2.05) is 67.6 Å². The standard InChI is InChI=1S/C29H32N2O3/c1-4-11-23-16-17-27(28(20-23)32-3)34-21-29-30-24-13-6-7-14-25(24)31(29)18-9-10-19-33-26-15-8-5-12-22(26)2/h4-8,11-17,20H,9-10,18-19,21H2,1-3H3/b11-4-. The fourth-order valence-corrected chi connectivity index (χ4v) is 4.00. The van der Waals surface area contributed by atoms with Gasteiger partial charge in [-0.3, -0.25) is 0 Å². The molecule has 34 heavy (non-hydrogen) atoms. The minimum atomic E-state index is 0.369. The number of ether oxygens (including phenoxy) is 3. The molecule has 0 radical (unpaired) electrons. The van der Waals surface area contributed by atoms with Crippen LogP contribution in [0.2, 0.25) is 0 Å². The fourth-order valence-electron chi connectivity index (χ4n) is 4.00. The monoisotopic (exact) mass is 456 g/mol. The Labute approximate surface area is 201 Å². The summed E-state index contributed by atoms with van der Waals surface area (Å²) in [6.07, 6.45) is 5.99. The predicted molar refractivity (Wildman–Crippen MR) is 138 cm³/mol. The van der Waals surface area contributed by atoms with Gasteiger partial charge in [0.15, 0.2) is 11.5 Å². The van der Waals surface area contributed by atoms with Crippen molar-refractivity contribution >= 4 is 17.1 Å². The fraction of sp³-hybridized carbons (Fsp3) is 0.276. The highest BCUT2D eigenvalue weighted by atomic mass is 16.5. The van der Waals surface area contributed by atoms with Gasteiger partial charge in [-0.25, -0.2) is 4.98 Å². The Bertz CT molecular complexity index is 1260. The lowest BCUT2D eigenvalue weighted by Crippen LogP contribution is -2.09. The first-order chi connectivity index (χ1) is 16.7. The van der Waals surface area contributed by atoms with Crippen LogP contribution in [0.25, 0.3) is 17.1 Å². The quantitative estimate of drug-likeness (QED) is 0.232. The Hall–Kier alpha value is -3.73. The van der Waals surface area contributed by atoms with Crippen LogP contribution in [-0.2, 0) is 13.2 Å². The molecule has 176 valence electrons.